The topological polar surface area (TPSA) is 12.4 Å². The van der Waals surface area contributed by atoms with Crippen molar-refractivity contribution in [3.05, 3.63) is 34.9 Å². The molecule has 0 aliphatic heterocycles. The molecule has 0 aliphatic carbocycles. The van der Waals surface area contributed by atoms with Gasteiger partial charge < -0.3 is 0 Å². The Kier molecular flexibility index (Phi) is 3.42. The summed E-state index contributed by atoms with van der Waals surface area (Å²) in [4.78, 5) is 3.94. The molecule has 1 atom stereocenters. The van der Waals surface area contributed by atoms with E-state index in [2.05, 4.69) is 22.4 Å². The minimum atomic E-state index is -0.00352. The summed E-state index contributed by atoms with van der Waals surface area (Å²) in [5, 5.41) is 3.06. The van der Waals surface area contributed by atoms with Gasteiger partial charge in [0.05, 0.1) is 11.2 Å². The smallest absolute Gasteiger partial charge is 0.0838 e. The Hall–Kier alpha value is -0.690. The molecular weight excluding hydrogens is 190 g/mol. The summed E-state index contributed by atoms with van der Waals surface area (Å²) < 4.78 is 0. The van der Waals surface area contributed by atoms with Crippen molar-refractivity contribution in [2.75, 3.05) is 0 Å². The molecule has 0 fully saturated rings. The molecule has 0 saturated heterocycles. The molecule has 1 rings (SSSR count). The third-order valence-corrected chi connectivity index (χ3v) is 2.05. The van der Waals surface area contributed by atoms with Crippen molar-refractivity contribution in [1.29, 1.82) is 0 Å². The summed E-state index contributed by atoms with van der Waals surface area (Å²) in [6.07, 6.45) is 0. The minimum Gasteiger partial charge on any atom is -0.225 e. The first-order valence-corrected chi connectivity index (χ1v) is 4.35. The van der Waals surface area contributed by atoms with E-state index < -0.39 is 0 Å². The lowest BCUT2D eigenvalue weighted by molar-refractivity contribution is 0.828. The molecule has 3 heteroatoms. The van der Waals surface area contributed by atoms with Gasteiger partial charge in [0.25, 0.3) is 0 Å². The zero-order valence-electron chi connectivity index (χ0n) is 6.62. The molecule has 62 valence electrons. The molecule has 1 nitrogen and oxygen atoms in total. The molecule has 0 aromatic heterocycles. The Morgan fingerprint density at radius 2 is 2.17 bits per heavy atom. The Bertz CT molecular complexity index is 318. The molecular formula is C9H8ClNS. The van der Waals surface area contributed by atoms with E-state index in [9.17, 15) is 0 Å². The number of rotatable bonds is 2. The fourth-order valence-corrected chi connectivity index (χ4v) is 1.41. The normalized spacial score (nSPS) is 11.8. The second-order valence-corrected chi connectivity index (χ2v) is 3.01. The maximum atomic E-state index is 5.93. The fraction of sp³-hybridized carbons (Fsp3) is 0.222. The lowest BCUT2D eigenvalue weighted by Crippen LogP contribution is -1.89. The second-order valence-electron chi connectivity index (χ2n) is 2.42. The van der Waals surface area contributed by atoms with Crippen LogP contribution in [0.4, 0.5) is 0 Å². The highest BCUT2D eigenvalue weighted by atomic mass is 35.5. The summed E-state index contributed by atoms with van der Waals surface area (Å²) in [6, 6.07) is 7.59. The highest BCUT2D eigenvalue weighted by Crippen LogP contribution is 2.24. The first-order chi connectivity index (χ1) is 5.75. The highest BCUT2D eigenvalue weighted by molar-refractivity contribution is 7.78. The second kappa shape index (κ2) is 4.36. The van der Waals surface area contributed by atoms with Crippen molar-refractivity contribution in [3.8, 4) is 0 Å². The van der Waals surface area contributed by atoms with Crippen LogP contribution in [-0.4, -0.2) is 5.16 Å². The summed E-state index contributed by atoms with van der Waals surface area (Å²) in [6.45, 7) is 1.93. The molecule has 0 spiro atoms. The predicted molar refractivity (Wildman–Crippen MR) is 54.9 cm³/mol. The number of nitrogens with zero attached hydrogens (tertiary/aromatic N) is 1. The van der Waals surface area contributed by atoms with Crippen LogP contribution in [0.2, 0.25) is 5.02 Å². The van der Waals surface area contributed by atoms with Crippen LogP contribution in [-0.2, 0) is 0 Å². The van der Waals surface area contributed by atoms with Crippen LogP contribution in [0, 0.1) is 0 Å². The molecule has 0 aliphatic rings. The summed E-state index contributed by atoms with van der Waals surface area (Å²) in [5.74, 6) is 0. The first-order valence-electron chi connectivity index (χ1n) is 3.57. The number of isothiocyanates is 1. The predicted octanol–water partition coefficient (Wildman–Crippen LogP) is 3.50. The zero-order chi connectivity index (χ0) is 8.97. The average molecular weight is 198 g/mol. The Morgan fingerprint density at radius 3 is 2.75 bits per heavy atom. The van der Waals surface area contributed by atoms with Crippen molar-refractivity contribution in [1.82, 2.24) is 0 Å². The van der Waals surface area contributed by atoms with Crippen molar-refractivity contribution in [2.45, 2.75) is 13.0 Å². The number of thiocarbonyl (C=S) groups is 1. The van der Waals surface area contributed by atoms with Gasteiger partial charge in [-0.2, -0.15) is 0 Å². The summed E-state index contributed by atoms with van der Waals surface area (Å²) >= 11 is 10.4. The largest absolute Gasteiger partial charge is 0.225 e. The van der Waals surface area contributed by atoms with E-state index in [1.807, 2.05) is 31.2 Å². The maximum absolute atomic E-state index is 5.93. The van der Waals surface area contributed by atoms with Crippen LogP contribution < -0.4 is 0 Å². The van der Waals surface area contributed by atoms with E-state index in [0.717, 1.165) is 10.6 Å². The summed E-state index contributed by atoms with van der Waals surface area (Å²) in [7, 11) is 0. The van der Waals surface area contributed by atoms with Gasteiger partial charge in [-0.05, 0) is 30.8 Å². The van der Waals surface area contributed by atoms with Crippen LogP contribution in [0.5, 0.6) is 0 Å². The monoisotopic (exact) mass is 197 g/mol. The van der Waals surface area contributed by atoms with Gasteiger partial charge in [-0.3, -0.25) is 0 Å². The van der Waals surface area contributed by atoms with Gasteiger partial charge in [0, 0.05) is 5.02 Å². The van der Waals surface area contributed by atoms with Gasteiger partial charge in [-0.1, -0.05) is 29.8 Å². The van der Waals surface area contributed by atoms with Crippen LogP contribution in [0.15, 0.2) is 29.3 Å². The molecule has 0 bridgehead atoms. The van der Waals surface area contributed by atoms with E-state index in [4.69, 9.17) is 11.6 Å². The highest BCUT2D eigenvalue weighted by Gasteiger charge is 2.05. The van der Waals surface area contributed by atoms with E-state index in [0.29, 0.717) is 0 Å². The Labute approximate surface area is 82.1 Å². The van der Waals surface area contributed by atoms with Gasteiger partial charge >= 0.3 is 0 Å². The molecule has 0 N–H and O–H groups in total. The summed E-state index contributed by atoms with van der Waals surface area (Å²) in [5.41, 5.74) is 0.983. The molecule has 1 aromatic rings. The number of hydrogen-bond acceptors (Lipinski definition) is 2. The van der Waals surface area contributed by atoms with E-state index in [1.54, 1.807) is 0 Å². The van der Waals surface area contributed by atoms with Gasteiger partial charge in [0.15, 0.2) is 0 Å². The van der Waals surface area contributed by atoms with Gasteiger partial charge in [-0.15, -0.1) is 0 Å². The average Bonchev–Trinajstić information content (AvgIpc) is 2.05. The van der Waals surface area contributed by atoms with E-state index in [-0.39, 0.29) is 6.04 Å². The number of aliphatic imine (C=N–C) groups is 1. The number of hydrogen-bond donors (Lipinski definition) is 0. The van der Waals surface area contributed by atoms with E-state index in [1.165, 1.54) is 0 Å². The third-order valence-electron chi connectivity index (χ3n) is 1.60. The fourth-order valence-electron chi connectivity index (χ4n) is 0.963. The van der Waals surface area contributed by atoms with Crippen LogP contribution in [0.25, 0.3) is 0 Å². The molecule has 0 heterocycles. The SMILES string of the molecule is CC(N=C=S)c1ccccc1Cl. The lowest BCUT2D eigenvalue weighted by Gasteiger charge is -2.05. The third kappa shape index (κ3) is 2.15. The van der Waals surface area contributed by atoms with Crippen molar-refractivity contribution in [3.63, 3.8) is 0 Å². The maximum Gasteiger partial charge on any atom is 0.0838 e. The zero-order valence-corrected chi connectivity index (χ0v) is 8.19. The van der Waals surface area contributed by atoms with Crippen molar-refractivity contribution in [2.24, 2.45) is 4.99 Å². The van der Waals surface area contributed by atoms with E-state index >= 15 is 0 Å². The number of halogens is 1. The standard InChI is InChI=1S/C9H8ClNS/c1-7(11-6-12)8-4-2-3-5-9(8)10/h2-5,7H,1H3. The molecule has 12 heavy (non-hydrogen) atoms. The van der Waals surface area contributed by atoms with Crippen LogP contribution >= 0.6 is 23.8 Å². The quantitative estimate of drug-likeness (QED) is 0.522. The Morgan fingerprint density at radius 1 is 1.50 bits per heavy atom. The van der Waals surface area contributed by atoms with Gasteiger partial charge in [0.1, 0.15) is 0 Å². The lowest BCUT2D eigenvalue weighted by atomic mass is 10.1. The Balaban J connectivity index is 3.02. The van der Waals surface area contributed by atoms with Gasteiger partial charge in [-0.25, -0.2) is 4.99 Å². The minimum absolute atomic E-state index is 0.00352. The van der Waals surface area contributed by atoms with Crippen LogP contribution in [0.3, 0.4) is 0 Å². The molecule has 1 aromatic carbocycles. The van der Waals surface area contributed by atoms with Crippen molar-refractivity contribution >= 4 is 29.0 Å². The molecule has 1 unspecified atom stereocenters. The van der Waals surface area contributed by atoms with Gasteiger partial charge in [0.2, 0.25) is 0 Å². The van der Waals surface area contributed by atoms with Crippen LogP contribution in [0.1, 0.15) is 18.5 Å². The van der Waals surface area contributed by atoms with Crippen molar-refractivity contribution < 1.29 is 0 Å². The first kappa shape index (κ1) is 9.40. The molecule has 0 saturated carbocycles. The number of benzene rings is 1. The molecule has 0 amide bonds. The molecule has 0 radical (unpaired) electrons.